The molecule has 1 N–H and O–H groups in total. The maximum atomic E-state index is 11.3. The molecular formula is C17H28O2Si. The molecule has 0 aliphatic rings. The van der Waals surface area contributed by atoms with Crippen LogP contribution in [0.3, 0.4) is 0 Å². The van der Waals surface area contributed by atoms with Crippen LogP contribution in [0.4, 0.5) is 0 Å². The Bertz CT molecular complexity index is 474. The Kier molecular flexibility index (Phi) is 5.19. The van der Waals surface area contributed by atoms with Gasteiger partial charge in [-0.2, -0.15) is 0 Å². The van der Waals surface area contributed by atoms with Gasteiger partial charge in [0.05, 0.1) is 13.6 Å². The topological polar surface area (TPSA) is 37.3 Å². The molecule has 0 bridgehead atoms. The minimum Gasteiger partial charge on any atom is -0.507 e. The molecule has 1 aromatic rings. The van der Waals surface area contributed by atoms with Gasteiger partial charge in [0.15, 0.2) is 6.29 Å². The molecule has 0 fully saturated rings. The maximum Gasteiger partial charge on any atom is 0.153 e. The van der Waals surface area contributed by atoms with Crippen molar-refractivity contribution in [1.29, 1.82) is 0 Å². The van der Waals surface area contributed by atoms with Crippen molar-refractivity contribution in [2.75, 3.05) is 0 Å². The monoisotopic (exact) mass is 292 g/mol. The Morgan fingerprint density at radius 3 is 1.95 bits per heavy atom. The van der Waals surface area contributed by atoms with Crippen LogP contribution in [0.2, 0.25) is 18.1 Å². The summed E-state index contributed by atoms with van der Waals surface area (Å²) >= 11 is 0. The predicted octanol–water partition coefficient (Wildman–Crippen LogP) is 4.22. The molecule has 1 rings (SSSR count). The van der Waals surface area contributed by atoms with Gasteiger partial charge in [0.25, 0.3) is 0 Å². The minimum absolute atomic E-state index is 0.0183. The Morgan fingerprint density at radius 1 is 1.10 bits per heavy atom. The molecule has 0 saturated heterocycles. The number of phenolic OH excluding ortho intramolecular Hbond substituents is 1. The quantitative estimate of drug-likeness (QED) is 0.652. The van der Waals surface area contributed by atoms with Crippen molar-refractivity contribution in [3.8, 4) is 5.75 Å². The number of phenols is 1. The molecule has 0 saturated carbocycles. The minimum atomic E-state index is -1.70. The number of hydrogen-bond donors (Lipinski definition) is 1. The number of carbonyl (C=O) groups excluding carboxylic acids is 1. The van der Waals surface area contributed by atoms with Crippen LogP contribution >= 0.6 is 0 Å². The summed E-state index contributed by atoms with van der Waals surface area (Å²) in [6, 6.07) is 7.29. The van der Waals surface area contributed by atoms with Gasteiger partial charge in [-0.1, -0.05) is 65.7 Å². The molecule has 0 aromatic heterocycles. The standard InChI is InChI=1S/C17H28O2Si/c1-7-20(8-2,9-3)15-11-14(17(4,5)6)10-13(12-18)16(15)19/h10-12,19H,7-9H2,1-6H3. The molecule has 0 unspecified atom stereocenters. The second-order valence-electron chi connectivity index (χ2n) is 6.67. The number of carbonyl (C=O) groups is 1. The third-order valence-electron chi connectivity index (χ3n) is 4.73. The molecule has 20 heavy (non-hydrogen) atoms. The van der Waals surface area contributed by atoms with E-state index < -0.39 is 8.07 Å². The van der Waals surface area contributed by atoms with Crippen LogP contribution in [0.25, 0.3) is 0 Å². The fraction of sp³-hybridized carbons (Fsp3) is 0.588. The molecule has 0 spiro atoms. The molecule has 3 heteroatoms. The van der Waals surface area contributed by atoms with Gasteiger partial charge in [0.2, 0.25) is 0 Å². The molecule has 0 radical (unpaired) electrons. The van der Waals surface area contributed by atoms with Crippen LogP contribution in [-0.4, -0.2) is 19.5 Å². The van der Waals surface area contributed by atoms with E-state index in [0.29, 0.717) is 5.56 Å². The van der Waals surface area contributed by atoms with Gasteiger partial charge in [-0.15, -0.1) is 0 Å². The third kappa shape index (κ3) is 2.98. The van der Waals surface area contributed by atoms with Crippen molar-refractivity contribution < 1.29 is 9.90 Å². The molecule has 2 nitrogen and oxygen atoms in total. The smallest absolute Gasteiger partial charge is 0.153 e. The second kappa shape index (κ2) is 6.13. The highest BCUT2D eigenvalue weighted by molar-refractivity contribution is 6.92. The van der Waals surface area contributed by atoms with Crippen molar-refractivity contribution in [3.05, 3.63) is 23.3 Å². The van der Waals surface area contributed by atoms with E-state index in [4.69, 9.17) is 0 Å². The zero-order valence-electron chi connectivity index (χ0n) is 13.7. The molecule has 0 aliphatic carbocycles. The number of aldehydes is 1. The maximum absolute atomic E-state index is 11.3. The van der Waals surface area contributed by atoms with E-state index >= 15 is 0 Å². The van der Waals surface area contributed by atoms with Crippen LogP contribution in [0.5, 0.6) is 5.75 Å². The third-order valence-corrected chi connectivity index (χ3v) is 10.3. The van der Waals surface area contributed by atoms with Gasteiger partial charge in [0, 0.05) is 0 Å². The highest BCUT2D eigenvalue weighted by atomic mass is 28.3. The van der Waals surface area contributed by atoms with Gasteiger partial charge < -0.3 is 5.11 Å². The normalized spacial score (nSPS) is 12.5. The van der Waals surface area contributed by atoms with E-state index in [1.54, 1.807) is 0 Å². The lowest BCUT2D eigenvalue weighted by atomic mass is 9.86. The van der Waals surface area contributed by atoms with Crippen LogP contribution in [0.1, 0.15) is 57.5 Å². The number of aromatic hydroxyl groups is 1. The zero-order chi connectivity index (χ0) is 15.6. The fourth-order valence-electron chi connectivity index (χ4n) is 2.91. The Balaban J connectivity index is 3.64. The average molecular weight is 292 g/mol. The highest BCUT2D eigenvalue weighted by Crippen LogP contribution is 2.31. The summed E-state index contributed by atoms with van der Waals surface area (Å²) in [6.45, 7) is 13.1. The predicted molar refractivity (Wildman–Crippen MR) is 89.0 cm³/mol. The molecule has 0 heterocycles. The molecular weight excluding hydrogens is 264 g/mol. The van der Waals surface area contributed by atoms with Gasteiger partial charge >= 0.3 is 0 Å². The zero-order valence-corrected chi connectivity index (χ0v) is 14.7. The van der Waals surface area contributed by atoms with Crippen LogP contribution < -0.4 is 5.19 Å². The Morgan fingerprint density at radius 2 is 1.60 bits per heavy atom. The first kappa shape index (κ1) is 17.0. The summed E-state index contributed by atoms with van der Waals surface area (Å²) in [4.78, 5) is 11.3. The number of hydrogen-bond acceptors (Lipinski definition) is 2. The van der Waals surface area contributed by atoms with E-state index in [2.05, 4.69) is 47.6 Å². The molecule has 0 atom stereocenters. The highest BCUT2D eigenvalue weighted by Gasteiger charge is 2.34. The second-order valence-corrected chi connectivity index (χ2v) is 11.9. The lowest BCUT2D eigenvalue weighted by Gasteiger charge is -2.32. The van der Waals surface area contributed by atoms with Crippen molar-refractivity contribution in [2.45, 2.75) is 65.1 Å². The van der Waals surface area contributed by atoms with Crippen molar-refractivity contribution in [1.82, 2.24) is 0 Å². The van der Waals surface area contributed by atoms with E-state index in [0.717, 1.165) is 35.2 Å². The van der Waals surface area contributed by atoms with Gasteiger partial charge in [-0.3, -0.25) is 4.79 Å². The molecule has 0 amide bonds. The summed E-state index contributed by atoms with van der Waals surface area (Å²) in [5.74, 6) is 0.227. The van der Waals surface area contributed by atoms with E-state index in [1.165, 1.54) is 0 Å². The lowest BCUT2D eigenvalue weighted by molar-refractivity contribution is 0.112. The van der Waals surface area contributed by atoms with E-state index in [-0.39, 0.29) is 11.2 Å². The first-order valence-corrected chi connectivity index (χ1v) is 10.2. The fourth-order valence-corrected chi connectivity index (χ4v) is 6.66. The van der Waals surface area contributed by atoms with Crippen LogP contribution in [0.15, 0.2) is 12.1 Å². The summed E-state index contributed by atoms with van der Waals surface area (Å²) in [5, 5.41) is 11.6. The number of benzene rings is 1. The van der Waals surface area contributed by atoms with E-state index in [9.17, 15) is 9.90 Å². The number of rotatable bonds is 5. The summed E-state index contributed by atoms with van der Waals surface area (Å²) in [5.41, 5.74) is 1.56. The summed E-state index contributed by atoms with van der Waals surface area (Å²) in [6.07, 6.45) is 0.786. The van der Waals surface area contributed by atoms with Crippen molar-refractivity contribution >= 4 is 19.5 Å². The Labute approximate surface area is 124 Å². The van der Waals surface area contributed by atoms with Crippen molar-refractivity contribution in [3.63, 3.8) is 0 Å². The molecule has 0 aliphatic heterocycles. The Hall–Kier alpha value is -1.09. The van der Waals surface area contributed by atoms with Crippen LogP contribution in [0, 0.1) is 0 Å². The lowest BCUT2D eigenvalue weighted by Crippen LogP contribution is -2.46. The molecule has 112 valence electrons. The summed E-state index contributed by atoms with van der Waals surface area (Å²) in [7, 11) is -1.70. The van der Waals surface area contributed by atoms with Crippen LogP contribution in [-0.2, 0) is 5.41 Å². The van der Waals surface area contributed by atoms with Gasteiger partial charge in [-0.05, 0) is 22.2 Å². The first-order valence-electron chi connectivity index (χ1n) is 7.58. The largest absolute Gasteiger partial charge is 0.507 e. The SMILES string of the molecule is CC[Si](CC)(CC)c1cc(C(C)(C)C)cc(C=O)c1O. The van der Waals surface area contributed by atoms with Crippen molar-refractivity contribution in [2.24, 2.45) is 0 Å². The van der Waals surface area contributed by atoms with Gasteiger partial charge in [-0.25, -0.2) is 0 Å². The summed E-state index contributed by atoms with van der Waals surface area (Å²) < 4.78 is 0. The van der Waals surface area contributed by atoms with Gasteiger partial charge in [0.1, 0.15) is 5.75 Å². The first-order chi connectivity index (χ1) is 9.25. The molecule has 1 aromatic carbocycles. The average Bonchev–Trinajstić information content (AvgIpc) is 2.41. The van der Waals surface area contributed by atoms with E-state index in [1.807, 2.05) is 6.07 Å².